The van der Waals surface area contributed by atoms with Crippen LogP contribution in [0.3, 0.4) is 0 Å². The number of carboxylic acid groups (broad SMARTS) is 1. The summed E-state index contributed by atoms with van der Waals surface area (Å²) in [6.07, 6.45) is 16.7. The molecule has 1 N–H and O–H groups in total. The van der Waals surface area contributed by atoms with Crippen LogP contribution in [0.5, 0.6) is 0 Å². The first-order valence-electron chi connectivity index (χ1n) is 8.58. The summed E-state index contributed by atoms with van der Waals surface area (Å²) in [5.74, 6) is -0.460. The number of carboxylic acids is 1. The van der Waals surface area contributed by atoms with Crippen LogP contribution in [0.25, 0.3) is 0 Å². The Morgan fingerprint density at radius 1 is 0.810 bits per heavy atom. The van der Waals surface area contributed by atoms with Gasteiger partial charge in [-0.2, -0.15) is 0 Å². The van der Waals surface area contributed by atoms with Crippen molar-refractivity contribution in [3.05, 3.63) is 12.2 Å². The second-order valence-corrected chi connectivity index (χ2v) is 5.73. The number of ketones is 1. The van der Waals surface area contributed by atoms with Crippen LogP contribution in [-0.4, -0.2) is 16.9 Å². The Morgan fingerprint density at radius 2 is 1.38 bits per heavy atom. The maximum atomic E-state index is 11.6. The topological polar surface area (TPSA) is 54.4 Å². The maximum absolute atomic E-state index is 11.6. The van der Waals surface area contributed by atoms with Crippen molar-refractivity contribution in [2.45, 2.75) is 90.4 Å². The molecule has 0 unspecified atom stereocenters. The average molecular weight is 296 g/mol. The van der Waals surface area contributed by atoms with Crippen LogP contribution in [0, 0.1) is 0 Å². The van der Waals surface area contributed by atoms with Gasteiger partial charge in [-0.1, -0.05) is 57.9 Å². The van der Waals surface area contributed by atoms with E-state index in [-0.39, 0.29) is 12.2 Å². The molecule has 0 aromatic carbocycles. The molecule has 0 atom stereocenters. The number of unbranched alkanes of at least 4 members (excludes halogenated alkanes) is 9. The lowest BCUT2D eigenvalue weighted by molar-refractivity contribution is -0.137. The van der Waals surface area contributed by atoms with Gasteiger partial charge in [0.25, 0.3) is 0 Å². The van der Waals surface area contributed by atoms with Gasteiger partial charge in [-0.25, -0.2) is 0 Å². The highest BCUT2D eigenvalue weighted by atomic mass is 16.4. The van der Waals surface area contributed by atoms with Crippen molar-refractivity contribution in [3.63, 3.8) is 0 Å². The van der Waals surface area contributed by atoms with Gasteiger partial charge in [0, 0.05) is 12.8 Å². The summed E-state index contributed by atoms with van der Waals surface area (Å²) in [5, 5.41) is 8.50. The smallest absolute Gasteiger partial charge is 0.303 e. The number of hydrogen-bond acceptors (Lipinski definition) is 2. The van der Waals surface area contributed by atoms with E-state index in [0.717, 1.165) is 44.9 Å². The first-order chi connectivity index (χ1) is 10.2. The zero-order chi connectivity index (χ0) is 15.8. The second-order valence-electron chi connectivity index (χ2n) is 5.73. The van der Waals surface area contributed by atoms with Crippen LogP contribution in [0.2, 0.25) is 0 Å². The molecule has 0 heterocycles. The van der Waals surface area contributed by atoms with Gasteiger partial charge in [-0.3, -0.25) is 9.59 Å². The molecule has 0 radical (unpaired) electrons. The Balaban J connectivity index is 3.29. The number of aliphatic carboxylic acids is 1. The van der Waals surface area contributed by atoms with E-state index in [2.05, 4.69) is 6.92 Å². The molecule has 0 aliphatic rings. The molecule has 21 heavy (non-hydrogen) atoms. The van der Waals surface area contributed by atoms with Crippen LogP contribution < -0.4 is 0 Å². The third-order valence-corrected chi connectivity index (χ3v) is 3.59. The lowest BCUT2D eigenvalue weighted by atomic mass is 10.1. The molecule has 0 spiro atoms. The van der Waals surface area contributed by atoms with Crippen LogP contribution in [0.1, 0.15) is 90.4 Å². The van der Waals surface area contributed by atoms with Crippen LogP contribution in [0.15, 0.2) is 12.2 Å². The molecule has 0 saturated carbocycles. The number of carbonyl (C=O) groups excluding carboxylic acids is 1. The molecule has 0 fully saturated rings. The van der Waals surface area contributed by atoms with E-state index in [0.29, 0.717) is 6.42 Å². The molecule has 122 valence electrons. The fourth-order valence-corrected chi connectivity index (χ4v) is 2.27. The highest BCUT2D eigenvalue weighted by molar-refractivity contribution is 5.89. The Labute approximate surface area is 129 Å². The summed E-state index contributed by atoms with van der Waals surface area (Å²) in [5.41, 5.74) is 0. The molecule has 0 bridgehead atoms. The van der Waals surface area contributed by atoms with E-state index in [4.69, 9.17) is 5.11 Å². The minimum atomic E-state index is -0.706. The van der Waals surface area contributed by atoms with Crippen molar-refractivity contribution in [1.29, 1.82) is 0 Å². The van der Waals surface area contributed by atoms with E-state index >= 15 is 0 Å². The molecular formula is C18H32O3. The van der Waals surface area contributed by atoms with Gasteiger partial charge < -0.3 is 5.11 Å². The highest BCUT2D eigenvalue weighted by Crippen LogP contribution is 2.09. The Kier molecular flexibility index (Phi) is 14.5. The van der Waals surface area contributed by atoms with Gasteiger partial charge in [0.2, 0.25) is 0 Å². The first kappa shape index (κ1) is 19.9. The molecule has 0 aliphatic heterocycles. The summed E-state index contributed by atoms with van der Waals surface area (Å²) in [7, 11) is 0. The predicted molar refractivity (Wildman–Crippen MR) is 87.5 cm³/mol. The standard InChI is InChI=1S/C18H32O3/c1-2-3-4-5-8-11-14-17(19)15-12-9-6-7-10-13-16-18(20)21/h11,14H,2-10,12-13,15-16H2,1H3,(H,20,21)/b14-11+. The SMILES string of the molecule is CCCCCC/C=C/C(=O)CCCCCCCCC(=O)O. The Bertz CT molecular complexity index is 295. The van der Waals surface area contributed by atoms with Crippen molar-refractivity contribution >= 4 is 11.8 Å². The zero-order valence-corrected chi connectivity index (χ0v) is 13.6. The lowest BCUT2D eigenvalue weighted by Gasteiger charge is -2.00. The van der Waals surface area contributed by atoms with Crippen molar-refractivity contribution in [3.8, 4) is 0 Å². The van der Waals surface area contributed by atoms with Gasteiger partial charge >= 0.3 is 5.97 Å². The Morgan fingerprint density at radius 3 is 2.00 bits per heavy atom. The van der Waals surface area contributed by atoms with Gasteiger partial charge in [0.1, 0.15) is 0 Å². The summed E-state index contributed by atoms with van der Waals surface area (Å²) in [6.45, 7) is 2.20. The fraction of sp³-hybridized carbons (Fsp3) is 0.778. The number of hydrogen-bond donors (Lipinski definition) is 1. The zero-order valence-electron chi connectivity index (χ0n) is 13.6. The molecule has 0 aromatic rings. The third-order valence-electron chi connectivity index (χ3n) is 3.59. The number of carbonyl (C=O) groups is 2. The summed E-state index contributed by atoms with van der Waals surface area (Å²) in [4.78, 5) is 21.9. The molecule has 0 amide bonds. The van der Waals surface area contributed by atoms with E-state index in [1.807, 2.05) is 6.08 Å². The third kappa shape index (κ3) is 16.8. The van der Waals surface area contributed by atoms with Crippen LogP contribution in [-0.2, 0) is 9.59 Å². The van der Waals surface area contributed by atoms with Gasteiger partial charge in [0.05, 0.1) is 0 Å². The number of allylic oxidation sites excluding steroid dienone is 2. The summed E-state index contributed by atoms with van der Waals surface area (Å²) >= 11 is 0. The molecule has 0 aliphatic carbocycles. The number of rotatable bonds is 15. The van der Waals surface area contributed by atoms with Gasteiger partial charge in [-0.15, -0.1) is 0 Å². The van der Waals surface area contributed by atoms with Crippen molar-refractivity contribution in [2.75, 3.05) is 0 Å². The van der Waals surface area contributed by atoms with E-state index in [9.17, 15) is 9.59 Å². The molecule has 3 nitrogen and oxygen atoms in total. The van der Waals surface area contributed by atoms with Crippen LogP contribution in [0.4, 0.5) is 0 Å². The second kappa shape index (κ2) is 15.3. The molecule has 0 saturated heterocycles. The predicted octanol–water partition coefficient (Wildman–Crippen LogP) is 5.29. The molecule has 3 heteroatoms. The molecule has 0 rings (SSSR count). The normalized spacial score (nSPS) is 11.1. The van der Waals surface area contributed by atoms with Crippen molar-refractivity contribution in [2.24, 2.45) is 0 Å². The first-order valence-corrected chi connectivity index (χ1v) is 8.58. The van der Waals surface area contributed by atoms with Crippen LogP contribution >= 0.6 is 0 Å². The Hall–Kier alpha value is -1.12. The summed E-state index contributed by atoms with van der Waals surface area (Å²) in [6, 6.07) is 0. The lowest BCUT2D eigenvalue weighted by Crippen LogP contribution is -1.94. The highest BCUT2D eigenvalue weighted by Gasteiger charge is 1.98. The minimum Gasteiger partial charge on any atom is -0.481 e. The molecular weight excluding hydrogens is 264 g/mol. The van der Waals surface area contributed by atoms with E-state index in [1.54, 1.807) is 6.08 Å². The van der Waals surface area contributed by atoms with E-state index in [1.165, 1.54) is 25.7 Å². The maximum Gasteiger partial charge on any atom is 0.303 e. The average Bonchev–Trinajstić information content (AvgIpc) is 2.45. The fourth-order valence-electron chi connectivity index (χ4n) is 2.27. The summed E-state index contributed by atoms with van der Waals surface area (Å²) < 4.78 is 0. The van der Waals surface area contributed by atoms with Gasteiger partial charge in [-0.05, 0) is 31.8 Å². The quantitative estimate of drug-likeness (QED) is 0.330. The van der Waals surface area contributed by atoms with Crippen molar-refractivity contribution < 1.29 is 14.7 Å². The van der Waals surface area contributed by atoms with Gasteiger partial charge in [0.15, 0.2) is 5.78 Å². The van der Waals surface area contributed by atoms with E-state index < -0.39 is 5.97 Å². The minimum absolute atomic E-state index is 0.247. The van der Waals surface area contributed by atoms with Crippen molar-refractivity contribution in [1.82, 2.24) is 0 Å². The monoisotopic (exact) mass is 296 g/mol. The molecule has 0 aromatic heterocycles. The largest absolute Gasteiger partial charge is 0.481 e.